The SMILES string of the molecule is CC(C)(C)N1CCN(c2ccc(C(=O)O)cc2C#N)CC1. The molecule has 1 saturated heterocycles. The maximum absolute atomic E-state index is 11.0. The summed E-state index contributed by atoms with van der Waals surface area (Å²) in [5.41, 5.74) is 1.57. The fraction of sp³-hybridized carbons (Fsp3) is 0.500. The van der Waals surface area contributed by atoms with E-state index in [1.807, 2.05) is 0 Å². The predicted molar refractivity (Wildman–Crippen MR) is 81.7 cm³/mol. The van der Waals surface area contributed by atoms with Crippen molar-refractivity contribution in [1.29, 1.82) is 5.26 Å². The van der Waals surface area contributed by atoms with Gasteiger partial charge in [0.05, 0.1) is 16.8 Å². The molecule has 0 radical (unpaired) electrons. The number of carboxylic acid groups (broad SMARTS) is 1. The van der Waals surface area contributed by atoms with Crippen LogP contribution in [0.3, 0.4) is 0 Å². The molecular formula is C16H21N3O2. The highest BCUT2D eigenvalue weighted by Crippen LogP contribution is 2.25. The summed E-state index contributed by atoms with van der Waals surface area (Å²) >= 11 is 0. The van der Waals surface area contributed by atoms with Gasteiger partial charge in [-0.05, 0) is 39.0 Å². The van der Waals surface area contributed by atoms with E-state index in [4.69, 9.17) is 5.11 Å². The van der Waals surface area contributed by atoms with Crippen molar-refractivity contribution in [3.8, 4) is 6.07 Å². The van der Waals surface area contributed by atoms with Crippen LogP contribution in [0.15, 0.2) is 18.2 Å². The predicted octanol–water partition coefficient (Wildman–Crippen LogP) is 2.18. The summed E-state index contributed by atoms with van der Waals surface area (Å²) < 4.78 is 0. The third-order valence-corrected chi connectivity index (χ3v) is 3.93. The Morgan fingerprint density at radius 2 is 1.86 bits per heavy atom. The zero-order valence-corrected chi connectivity index (χ0v) is 12.8. The second-order valence-electron chi connectivity index (χ2n) is 6.29. The molecule has 0 amide bonds. The third-order valence-electron chi connectivity index (χ3n) is 3.93. The van der Waals surface area contributed by atoms with Crippen molar-refractivity contribution in [2.75, 3.05) is 31.1 Å². The van der Waals surface area contributed by atoms with Crippen LogP contribution in [0.1, 0.15) is 36.7 Å². The maximum Gasteiger partial charge on any atom is 0.335 e. The number of hydrogen-bond donors (Lipinski definition) is 1. The number of piperazine rings is 1. The summed E-state index contributed by atoms with van der Waals surface area (Å²) in [5.74, 6) is -1.00. The van der Waals surface area contributed by atoms with Crippen molar-refractivity contribution in [2.24, 2.45) is 0 Å². The van der Waals surface area contributed by atoms with Crippen molar-refractivity contribution >= 4 is 11.7 Å². The van der Waals surface area contributed by atoms with Gasteiger partial charge in [0.1, 0.15) is 6.07 Å². The van der Waals surface area contributed by atoms with Gasteiger partial charge in [-0.3, -0.25) is 4.90 Å². The maximum atomic E-state index is 11.0. The molecule has 1 aliphatic heterocycles. The van der Waals surface area contributed by atoms with Gasteiger partial charge in [0.25, 0.3) is 0 Å². The molecule has 2 rings (SSSR count). The van der Waals surface area contributed by atoms with Crippen molar-refractivity contribution < 1.29 is 9.90 Å². The molecule has 1 aromatic carbocycles. The van der Waals surface area contributed by atoms with Gasteiger partial charge in [0.2, 0.25) is 0 Å². The topological polar surface area (TPSA) is 67.6 Å². The molecule has 112 valence electrons. The molecule has 1 fully saturated rings. The zero-order valence-electron chi connectivity index (χ0n) is 12.8. The number of rotatable bonds is 2. The second kappa shape index (κ2) is 5.74. The summed E-state index contributed by atoms with van der Waals surface area (Å²) in [7, 11) is 0. The lowest BCUT2D eigenvalue weighted by Gasteiger charge is -2.43. The quantitative estimate of drug-likeness (QED) is 0.903. The Bertz CT molecular complexity index is 576. The third kappa shape index (κ3) is 3.34. The first kappa shape index (κ1) is 15.3. The molecule has 0 aliphatic carbocycles. The summed E-state index contributed by atoms with van der Waals surface area (Å²) in [5, 5.41) is 18.3. The summed E-state index contributed by atoms with van der Waals surface area (Å²) in [6.07, 6.45) is 0. The van der Waals surface area contributed by atoms with Gasteiger partial charge in [-0.25, -0.2) is 4.79 Å². The van der Waals surface area contributed by atoms with Gasteiger partial charge < -0.3 is 10.0 Å². The molecule has 0 bridgehead atoms. The summed E-state index contributed by atoms with van der Waals surface area (Å²) in [4.78, 5) is 15.6. The fourth-order valence-corrected chi connectivity index (χ4v) is 2.65. The van der Waals surface area contributed by atoms with Crippen LogP contribution in [-0.2, 0) is 0 Å². The highest BCUT2D eigenvalue weighted by Gasteiger charge is 2.26. The van der Waals surface area contributed by atoms with Gasteiger partial charge in [-0.1, -0.05) is 0 Å². The zero-order chi connectivity index (χ0) is 15.6. The van der Waals surface area contributed by atoms with Crippen LogP contribution < -0.4 is 4.90 Å². The van der Waals surface area contributed by atoms with Gasteiger partial charge in [-0.2, -0.15) is 5.26 Å². The van der Waals surface area contributed by atoms with E-state index >= 15 is 0 Å². The molecule has 0 atom stereocenters. The number of hydrogen-bond acceptors (Lipinski definition) is 4. The molecule has 0 saturated carbocycles. The Kier molecular flexibility index (Phi) is 4.19. The Hall–Kier alpha value is -2.06. The number of nitriles is 1. The molecular weight excluding hydrogens is 266 g/mol. The highest BCUT2D eigenvalue weighted by molar-refractivity contribution is 5.89. The lowest BCUT2D eigenvalue weighted by atomic mass is 10.0. The molecule has 5 nitrogen and oxygen atoms in total. The minimum absolute atomic E-state index is 0.150. The minimum Gasteiger partial charge on any atom is -0.478 e. The van der Waals surface area contributed by atoms with E-state index in [9.17, 15) is 10.1 Å². The Morgan fingerprint density at radius 3 is 2.33 bits per heavy atom. The lowest BCUT2D eigenvalue weighted by Crippen LogP contribution is -2.53. The van der Waals surface area contributed by atoms with Gasteiger partial charge in [0, 0.05) is 31.7 Å². The molecule has 0 unspecified atom stereocenters. The van der Waals surface area contributed by atoms with E-state index in [2.05, 4.69) is 36.6 Å². The van der Waals surface area contributed by atoms with E-state index in [1.165, 1.54) is 6.07 Å². The molecule has 21 heavy (non-hydrogen) atoms. The van der Waals surface area contributed by atoms with Crippen molar-refractivity contribution in [1.82, 2.24) is 4.90 Å². The first-order valence-electron chi connectivity index (χ1n) is 7.10. The Balaban J connectivity index is 2.17. The smallest absolute Gasteiger partial charge is 0.335 e. The number of carbonyl (C=O) groups is 1. The second-order valence-corrected chi connectivity index (χ2v) is 6.29. The molecule has 0 spiro atoms. The number of benzene rings is 1. The van der Waals surface area contributed by atoms with Gasteiger partial charge in [-0.15, -0.1) is 0 Å². The summed E-state index contributed by atoms with van der Waals surface area (Å²) in [6.45, 7) is 10.2. The lowest BCUT2D eigenvalue weighted by molar-refractivity contribution is 0.0697. The molecule has 1 aromatic rings. The molecule has 0 aromatic heterocycles. The molecule has 5 heteroatoms. The molecule has 1 N–H and O–H groups in total. The van der Waals surface area contributed by atoms with Crippen LogP contribution in [0.2, 0.25) is 0 Å². The van der Waals surface area contributed by atoms with Crippen LogP contribution in [0.25, 0.3) is 0 Å². The first-order chi connectivity index (χ1) is 9.82. The Morgan fingerprint density at radius 1 is 1.24 bits per heavy atom. The Labute approximate surface area is 125 Å². The van der Waals surface area contributed by atoms with Crippen molar-refractivity contribution in [2.45, 2.75) is 26.3 Å². The molecule has 1 aliphatic rings. The van der Waals surface area contributed by atoms with Crippen LogP contribution in [-0.4, -0.2) is 47.7 Å². The normalized spacial score (nSPS) is 16.6. The number of anilines is 1. The highest BCUT2D eigenvalue weighted by atomic mass is 16.4. The van der Waals surface area contributed by atoms with E-state index in [-0.39, 0.29) is 11.1 Å². The first-order valence-corrected chi connectivity index (χ1v) is 7.10. The average molecular weight is 287 g/mol. The van der Waals surface area contributed by atoms with Crippen LogP contribution >= 0.6 is 0 Å². The van der Waals surface area contributed by atoms with Crippen LogP contribution in [0, 0.1) is 11.3 Å². The van der Waals surface area contributed by atoms with Gasteiger partial charge in [0.15, 0.2) is 0 Å². The van der Waals surface area contributed by atoms with E-state index < -0.39 is 5.97 Å². The fourth-order valence-electron chi connectivity index (χ4n) is 2.65. The van der Waals surface area contributed by atoms with E-state index in [0.29, 0.717) is 5.56 Å². The monoisotopic (exact) mass is 287 g/mol. The molecule has 1 heterocycles. The minimum atomic E-state index is -1.00. The summed E-state index contributed by atoms with van der Waals surface area (Å²) in [6, 6.07) is 6.87. The van der Waals surface area contributed by atoms with E-state index in [0.717, 1.165) is 31.9 Å². The number of aromatic carboxylic acids is 1. The van der Waals surface area contributed by atoms with E-state index in [1.54, 1.807) is 12.1 Å². The average Bonchev–Trinajstić information content (AvgIpc) is 2.45. The number of nitrogens with zero attached hydrogens (tertiary/aromatic N) is 3. The van der Waals surface area contributed by atoms with Crippen LogP contribution in [0.5, 0.6) is 0 Å². The van der Waals surface area contributed by atoms with Crippen LogP contribution in [0.4, 0.5) is 5.69 Å². The largest absolute Gasteiger partial charge is 0.478 e. The number of carboxylic acids is 1. The van der Waals surface area contributed by atoms with Gasteiger partial charge >= 0.3 is 5.97 Å². The van der Waals surface area contributed by atoms with Crippen molar-refractivity contribution in [3.05, 3.63) is 29.3 Å². The van der Waals surface area contributed by atoms with Crippen molar-refractivity contribution in [3.63, 3.8) is 0 Å². The standard InChI is InChI=1S/C16H21N3O2/c1-16(2,3)19-8-6-18(7-9-19)14-5-4-12(15(20)21)10-13(14)11-17/h4-5,10H,6-9H2,1-3H3,(H,20,21).